The summed E-state index contributed by atoms with van der Waals surface area (Å²) in [6.45, 7) is 6.44. The predicted molar refractivity (Wildman–Crippen MR) is 188 cm³/mol. The van der Waals surface area contributed by atoms with E-state index in [1.165, 1.54) is 5.56 Å². The van der Waals surface area contributed by atoms with Gasteiger partial charge in [-0.1, -0.05) is 12.1 Å². The van der Waals surface area contributed by atoms with Gasteiger partial charge in [-0.3, -0.25) is 9.69 Å². The van der Waals surface area contributed by atoms with Crippen LogP contribution in [0.1, 0.15) is 107 Å². The van der Waals surface area contributed by atoms with Crippen molar-refractivity contribution in [2.45, 2.75) is 102 Å². The minimum Gasteiger partial charge on any atom is -0.496 e. The van der Waals surface area contributed by atoms with E-state index in [9.17, 15) is 14.7 Å². The highest BCUT2D eigenvalue weighted by Gasteiger charge is 2.34. The lowest BCUT2D eigenvalue weighted by molar-refractivity contribution is -0.124. The zero-order chi connectivity index (χ0) is 34.5. The van der Waals surface area contributed by atoms with Crippen LogP contribution in [-0.4, -0.2) is 59.5 Å². The van der Waals surface area contributed by atoms with Crippen molar-refractivity contribution in [3.63, 3.8) is 0 Å². The smallest absolute Gasteiger partial charge is 0.407 e. The lowest BCUT2D eigenvalue weighted by Crippen LogP contribution is -2.42. The maximum Gasteiger partial charge on any atom is 0.407 e. The monoisotopic (exact) mass is 672 g/mol. The Morgan fingerprint density at radius 3 is 2.37 bits per heavy atom. The highest BCUT2D eigenvalue weighted by Crippen LogP contribution is 2.41. The minimum atomic E-state index is -0.999. The van der Waals surface area contributed by atoms with Crippen LogP contribution in [0.3, 0.4) is 0 Å². The molecule has 0 spiro atoms. The summed E-state index contributed by atoms with van der Waals surface area (Å²) in [5, 5.41) is 12.5. The van der Waals surface area contributed by atoms with E-state index in [-0.39, 0.29) is 24.3 Å². The van der Waals surface area contributed by atoms with Crippen LogP contribution in [0.4, 0.5) is 10.6 Å². The lowest BCUT2D eigenvalue weighted by atomic mass is 9.78. The van der Waals surface area contributed by atoms with Crippen LogP contribution in [-0.2, 0) is 9.53 Å². The van der Waals surface area contributed by atoms with E-state index in [1.807, 2.05) is 17.0 Å². The van der Waals surface area contributed by atoms with E-state index in [4.69, 9.17) is 23.9 Å². The molecule has 3 aliphatic rings. The number of ether oxygens (including phenoxy) is 2. The summed E-state index contributed by atoms with van der Waals surface area (Å²) in [7, 11) is 1.71. The number of pyridine rings is 1. The van der Waals surface area contributed by atoms with Crippen molar-refractivity contribution < 1.29 is 28.6 Å². The van der Waals surface area contributed by atoms with Gasteiger partial charge in [0.05, 0.1) is 19.3 Å². The number of aliphatic hydroxyl groups is 1. The Morgan fingerprint density at radius 1 is 0.980 bits per heavy atom. The molecule has 6 rings (SSSR count). The fourth-order valence-corrected chi connectivity index (χ4v) is 7.38. The molecule has 0 atom stereocenters. The first-order chi connectivity index (χ1) is 23.6. The number of nitrogens with one attached hydrogen (secondary N) is 1. The first-order valence-electron chi connectivity index (χ1n) is 18.1. The van der Waals surface area contributed by atoms with Gasteiger partial charge in [0.2, 0.25) is 5.91 Å². The van der Waals surface area contributed by atoms with Crippen LogP contribution in [0.25, 0.3) is 11.3 Å². The van der Waals surface area contributed by atoms with Crippen molar-refractivity contribution >= 4 is 17.8 Å². The molecule has 0 saturated heterocycles. The Kier molecular flexibility index (Phi) is 10.9. The van der Waals surface area contributed by atoms with Crippen molar-refractivity contribution in [1.29, 1.82) is 0 Å². The van der Waals surface area contributed by atoms with Crippen molar-refractivity contribution in [2.24, 2.45) is 17.8 Å². The molecule has 0 radical (unpaired) electrons. The molecule has 2 N–H and O–H groups in total. The fourth-order valence-electron chi connectivity index (χ4n) is 7.38. The molecule has 2 aromatic heterocycles. The van der Waals surface area contributed by atoms with Gasteiger partial charge in [-0.05, 0) is 132 Å². The molecule has 2 amide bonds. The van der Waals surface area contributed by atoms with Gasteiger partial charge >= 0.3 is 6.09 Å². The highest BCUT2D eigenvalue weighted by atomic mass is 16.5. The molecule has 0 unspecified atom stereocenters. The standard InChI is InChI=1S/C39H52N4O6/c1-25-19-31(15-16-34(25)47-4)28-9-5-26(6-10-28)21-43(35-20-32(17-18-40-35)33-23-48-36(42-33)29-13-14-29)37(44)30-11-7-27(8-12-30)22-49-38(45)41-24-39(2,3)46/h15-20,23,26-30,46H,5-14,21-22,24H2,1-4H3,(H,41,45). The first-order valence-corrected chi connectivity index (χ1v) is 18.1. The van der Waals surface area contributed by atoms with E-state index < -0.39 is 11.7 Å². The molecule has 264 valence electrons. The zero-order valence-electron chi connectivity index (χ0n) is 29.5. The molecular weight excluding hydrogens is 620 g/mol. The molecule has 10 nitrogen and oxygen atoms in total. The average Bonchev–Trinajstić information content (AvgIpc) is 3.84. The Morgan fingerprint density at radius 2 is 1.69 bits per heavy atom. The molecule has 0 bridgehead atoms. The predicted octanol–water partition coefficient (Wildman–Crippen LogP) is 7.54. The maximum absolute atomic E-state index is 14.4. The number of hydrogen-bond acceptors (Lipinski definition) is 8. The third kappa shape index (κ3) is 9.21. The number of benzene rings is 1. The van der Waals surface area contributed by atoms with Crippen LogP contribution in [0, 0.1) is 24.7 Å². The molecule has 3 saturated carbocycles. The number of oxazole rings is 1. The number of anilines is 1. The van der Waals surface area contributed by atoms with Gasteiger partial charge in [-0.25, -0.2) is 14.8 Å². The van der Waals surface area contributed by atoms with Gasteiger partial charge < -0.3 is 24.3 Å². The largest absolute Gasteiger partial charge is 0.496 e. The lowest BCUT2D eigenvalue weighted by Gasteiger charge is -2.36. The Labute approximate surface area is 290 Å². The van der Waals surface area contributed by atoms with E-state index >= 15 is 0 Å². The van der Waals surface area contributed by atoms with Crippen LogP contribution >= 0.6 is 0 Å². The minimum absolute atomic E-state index is 0.113. The number of carbonyl (C=O) groups excluding carboxylic acids is 2. The Bertz CT molecular complexity index is 1580. The van der Waals surface area contributed by atoms with Crippen LogP contribution < -0.4 is 15.0 Å². The van der Waals surface area contributed by atoms with Gasteiger partial charge in [0.1, 0.15) is 23.5 Å². The van der Waals surface area contributed by atoms with Gasteiger partial charge in [0.25, 0.3) is 0 Å². The molecule has 1 aromatic carbocycles. The second-order valence-electron chi connectivity index (χ2n) is 15.1. The Balaban J connectivity index is 1.11. The van der Waals surface area contributed by atoms with Gasteiger partial charge in [0.15, 0.2) is 5.89 Å². The number of aromatic nitrogens is 2. The normalized spacial score (nSPS) is 22.7. The van der Waals surface area contributed by atoms with Gasteiger partial charge in [0, 0.05) is 36.7 Å². The molecule has 10 heteroatoms. The summed E-state index contributed by atoms with van der Waals surface area (Å²) in [6, 6.07) is 10.5. The van der Waals surface area contributed by atoms with E-state index in [0.29, 0.717) is 36.7 Å². The summed E-state index contributed by atoms with van der Waals surface area (Å²) in [4.78, 5) is 37.9. The van der Waals surface area contributed by atoms with Gasteiger partial charge in [-0.2, -0.15) is 0 Å². The van der Waals surface area contributed by atoms with E-state index in [0.717, 1.165) is 92.7 Å². The highest BCUT2D eigenvalue weighted by molar-refractivity contribution is 5.94. The second kappa shape index (κ2) is 15.3. The number of alkyl carbamates (subject to hydrolysis) is 1. The van der Waals surface area contributed by atoms with Crippen molar-refractivity contribution in [3.05, 3.63) is 59.8 Å². The number of nitrogens with zero attached hydrogens (tertiary/aromatic N) is 3. The van der Waals surface area contributed by atoms with Crippen LogP contribution in [0.2, 0.25) is 0 Å². The second-order valence-corrected chi connectivity index (χ2v) is 15.1. The SMILES string of the molecule is COc1ccc(C2CCC(CN(C(=O)C3CCC(COC(=O)NCC(C)(C)O)CC3)c3cc(-c4coc(C5CC5)n4)ccn3)CC2)cc1C. The first kappa shape index (κ1) is 34.9. The number of hydrogen-bond donors (Lipinski definition) is 2. The molecule has 2 heterocycles. The molecule has 0 aliphatic heterocycles. The van der Waals surface area contributed by atoms with E-state index in [1.54, 1.807) is 33.4 Å². The number of amides is 2. The van der Waals surface area contributed by atoms with E-state index in [2.05, 4.69) is 30.4 Å². The number of rotatable bonds is 12. The molecule has 49 heavy (non-hydrogen) atoms. The summed E-state index contributed by atoms with van der Waals surface area (Å²) >= 11 is 0. The summed E-state index contributed by atoms with van der Waals surface area (Å²) in [5.41, 5.74) is 3.21. The van der Waals surface area contributed by atoms with Gasteiger partial charge in [-0.15, -0.1) is 0 Å². The molecule has 3 fully saturated rings. The van der Waals surface area contributed by atoms with Crippen LogP contribution in [0.15, 0.2) is 47.2 Å². The van der Waals surface area contributed by atoms with Crippen molar-refractivity contribution in [1.82, 2.24) is 15.3 Å². The van der Waals surface area contributed by atoms with Crippen LogP contribution in [0.5, 0.6) is 5.75 Å². The average molecular weight is 673 g/mol. The third-order valence-corrected chi connectivity index (χ3v) is 10.5. The summed E-state index contributed by atoms with van der Waals surface area (Å²) in [5.74, 6) is 3.91. The third-order valence-electron chi connectivity index (χ3n) is 10.5. The summed E-state index contributed by atoms with van der Waals surface area (Å²) < 4.78 is 16.7. The quantitative estimate of drug-likeness (QED) is 0.202. The Hall–Kier alpha value is -3.92. The molecule has 3 aromatic rings. The maximum atomic E-state index is 14.4. The molecule has 3 aliphatic carbocycles. The zero-order valence-corrected chi connectivity index (χ0v) is 29.5. The van der Waals surface area contributed by atoms with Crippen molar-refractivity contribution in [3.8, 4) is 17.0 Å². The number of carbonyl (C=O) groups is 2. The fraction of sp³-hybridized carbons (Fsp3) is 0.590. The summed E-state index contributed by atoms with van der Waals surface area (Å²) in [6.07, 6.45) is 12.6. The number of methoxy groups -OCH3 is 1. The number of aryl methyl sites for hydroxylation is 1. The van der Waals surface area contributed by atoms with Crippen molar-refractivity contribution in [2.75, 3.05) is 31.7 Å². The topological polar surface area (TPSA) is 127 Å². The molecular formula is C39H52N4O6.